The maximum atomic E-state index is 12.8. The fourth-order valence-corrected chi connectivity index (χ4v) is 2.04. The van der Waals surface area contributed by atoms with Gasteiger partial charge in [-0.2, -0.15) is 13.2 Å². The Morgan fingerprint density at radius 3 is 2.43 bits per heavy atom. The molecule has 5 heteroatoms. The second-order valence-corrected chi connectivity index (χ2v) is 4.82. The molecule has 21 heavy (non-hydrogen) atoms. The topological polar surface area (TPSA) is 35.2 Å². The highest BCUT2D eigenvalue weighted by atomic mass is 19.4. The Hall–Kier alpha value is -2.01. The summed E-state index contributed by atoms with van der Waals surface area (Å²) in [6, 6.07) is 9.21. The summed E-state index contributed by atoms with van der Waals surface area (Å²) in [5, 5.41) is 0. The van der Waals surface area contributed by atoms with Crippen LogP contribution in [0.5, 0.6) is 11.5 Å². The van der Waals surface area contributed by atoms with Crippen LogP contribution in [0.25, 0.3) is 0 Å². The van der Waals surface area contributed by atoms with Crippen molar-refractivity contribution in [3.8, 4) is 11.5 Å². The van der Waals surface area contributed by atoms with E-state index in [1.165, 1.54) is 12.1 Å². The molecule has 0 unspecified atom stereocenters. The van der Waals surface area contributed by atoms with Crippen LogP contribution in [0.2, 0.25) is 0 Å². The maximum Gasteiger partial charge on any atom is 0.416 e. The molecule has 0 amide bonds. The first-order valence-corrected chi connectivity index (χ1v) is 6.47. The lowest BCUT2D eigenvalue weighted by molar-refractivity contribution is -0.138. The van der Waals surface area contributed by atoms with Crippen LogP contribution in [0.1, 0.15) is 22.3 Å². The number of aryl methyl sites for hydroxylation is 1. The Balaban J connectivity index is 2.36. The Morgan fingerprint density at radius 1 is 1.10 bits per heavy atom. The van der Waals surface area contributed by atoms with E-state index in [0.717, 1.165) is 17.2 Å². The van der Waals surface area contributed by atoms with E-state index in [9.17, 15) is 13.2 Å². The number of ether oxygens (including phenoxy) is 1. The lowest BCUT2D eigenvalue weighted by Gasteiger charge is -2.15. The molecule has 0 spiro atoms. The average molecular weight is 295 g/mol. The fraction of sp³-hybridized carbons (Fsp3) is 0.250. The third-order valence-electron chi connectivity index (χ3n) is 3.38. The first-order chi connectivity index (χ1) is 9.82. The molecule has 0 atom stereocenters. The summed E-state index contributed by atoms with van der Waals surface area (Å²) in [4.78, 5) is 0. The molecule has 0 fully saturated rings. The van der Waals surface area contributed by atoms with E-state index in [0.29, 0.717) is 11.5 Å². The molecule has 0 radical (unpaired) electrons. The van der Waals surface area contributed by atoms with Crippen LogP contribution in [-0.2, 0) is 12.7 Å². The van der Waals surface area contributed by atoms with E-state index in [-0.39, 0.29) is 12.1 Å². The van der Waals surface area contributed by atoms with Gasteiger partial charge in [0.1, 0.15) is 11.5 Å². The molecule has 0 saturated heterocycles. The number of hydrogen-bond acceptors (Lipinski definition) is 2. The van der Waals surface area contributed by atoms with Crippen molar-refractivity contribution in [3.63, 3.8) is 0 Å². The van der Waals surface area contributed by atoms with Gasteiger partial charge in [-0.25, -0.2) is 0 Å². The van der Waals surface area contributed by atoms with Gasteiger partial charge < -0.3 is 10.5 Å². The van der Waals surface area contributed by atoms with E-state index in [1.54, 1.807) is 6.07 Å². The smallest absolute Gasteiger partial charge is 0.416 e. The highest BCUT2D eigenvalue weighted by Crippen LogP contribution is 2.35. The second kappa shape index (κ2) is 5.77. The summed E-state index contributed by atoms with van der Waals surface area (Å²) >= 11 is 0. The largest absolute Gasteiger partial charge is 0.457 e. The molecule has 2 N–H and O–H groups in total. The molecule has 0 aromatic heterocycles. The number of halogens is 3. The fourth-order valence-electron chi connectivity index (χ4n) is 2.04. The van der Waals surface area contributed by atoms with Crippen LogP contribution < -0.4 is 10.5 Å². The van der Waals surface area contributed by atoms with Gasteiger partial charge >= 0.3 is 6.18 Å². The first kappa shape index (κ1) is 15.4. The molecule has 112 valence electrons. The Kier molecular flexibility index (Phi) is 4.23. The minimum Gasteiger partial charge on any atom is -0.457 e. The number of hydrogen-bond donors (Lipinski definition) is 1. The van der Waals surface area contributed by atoms with Crippen LogP contribution in [0.3, 0.4) is 0 Å². The predicted octanol–water partition coefficient (Wildman–Crippen LogP) is 4.57. The van der Waals surface area contributed by atoms with Gasteiger partial charge in [0.2, 0.25) is 0 Å². The number of rotatable bonds is 3. The molecule has 0 aliphatic rings. The molecular weight excluding hydrogens is 279 g/mol. The molecule has 2 nitrogen and oxygen atoms in total. The van der Waals surface area contributed by atoms with Crippen LogP contribution in [0.4, 0.5) is 13.2 Å². The minimum absolute atomic E-state index is 0.0188. The molecule has 0 bridgehead atoms. The van der Waals surface area contributed by atoms with E-state index < -0.39 is 11.7 Å². The Labute approximate surface area is 121 Å². The van der Waals surface area contributed by atoms with Crippen molar-refractivity contribution in [1.82, 2.24) is 0 Å². The summed E-state index contributed by atoms with van der Waals surface area (Å²) in [5.41, 5.74) is 6.71. The van der Waals surface area contributed by atoms with E-state index >= 15 is 0 Å². The molecule has 0 saturated carbocycles. The molecule has 2 aromatic carbocycles. The van der Waals surface area contributed by atoms with Gasteiger partial charge in [-0.3, -0.25) is 0 Å². The van der Waals surface area contributed by atoms with Crippen LogP contribution in [0.15, 0.2) is 36.4 Å². The van der Waals surface area contributed by atoms with E-state index in [4.69, 9.17) is 10.5 Å². The van der Waals surface area contributed by atoms with Gasteiger partial charge in [-0.1, -0.05) is 12.1 Å². The van der Waals surface area contributed by atoms with Crippen molar-refractivity contribution in [3.05, 3.63) is 58.7 Å². The number of alkyl halides is 3. The van der Waals surface area contributed by atoms with Gasteiger partial charge in [0, 0.05) is 6.54 Å². The van der Waals surface area contributed by atoms with Gasteiger partial charge in [0.15, 0.2) is 0 Å². The average Bonchev–Trinajstić information content (AvgIpc) is 2.42. The highest BCUT2D eigenvalue weighted by molar-refractivity contribution is 5.43. The molecular formula is C16H16F3NO. The van der Waals surface area contributed by atoms with Crippen molar-refractivity contribution in [2.24, 2.45) is 5.73 Å². The zero-order valence-corrected chi connectivity index (χ0v) is 11.8. The third-order valence-corrected chi connectivity index (χ3v) is 3.38. The van der Waals surface area contributed by atoms with Crippen LogP contribution >= 0.6 is 0 Å². The van der Waals surface area contributed by atoms with Crippen molar-refractivity contribution in [2.45, 2.75) is 26.6 Å². The maximum absolute atomic E-state index is 12.8. The van der Waals surface area contributed by atoms with Gasteiger partial charge in [0.05, 0.1) is 5.56 Å². The van der Waals surface area contributed by atoms with Crippen LogP contribution in [-0.4, -0.2) is 0 Å². The zero-order chi connectivity index (χ0) is 15.6. The Morgan fingerprint density at radius 2 is 1.81 bits per heavy atom. The number of benzene rings is 2. The molecule has 0 heterocycles. The van der Waals surface area contributed by atoms with Crippen molar-refractivity contribution < 1.29 is 17.9 Å². The lowest BCUT2D eigenvalue weighted by Crippen LogP contribution is -2.11. The van der Waals surface area contributed by atoms with E-state index in [2.05, 4.69) is 0 Å². The highest BCUT2D eigenvalue weighted by Gasteiger charge is 2.33. The standard InChI is InChI=1S/C16H16F3NO/c1-10-4-3-5-15(11(10)2)21-13-6-7-14(16(17,18)19)12(8-13)9-20/h3-8H,9,20H2,1-2H3. The molecule has 0 aliphatic carbocycles. The predicted molar refractivity (Wildman–Crippen MR) is 75.3 cm³/mol. The summed E-state index contributed by atoms with van der Waals surface area (Å²) in [5.74, 6) is 0.967. The minimum atomic E-state index is -4.41. The molecule has 2 aromatic rings. The normalized spacial score (nSPS) is 11.5. The quantitative estimate of drug-likeness (QED) is 0.900. The van der Waals surface area contributed by atoms with Gasteiger partial charge in [-0.15, -0.1) is 0 Å². The van der Waals surface area contributed by atoms with Crippen molar-refractivity contribution in [1.29, 1.82) is 0 Å². The summed E-state index contributed by atoms with van der Waals surface area (Å²) < 4.78 is 44.1. The second-order valence-electron chi connectivity index (χ2n) is 4.82. The zero-order valence-electron chi connectivity index (χ0n) is 11.8. The van der Waals surface area contributed by atoms with Gasteiger partial charge in [-0.05, 0) is 54.8 Å². The SMILES string of the molecule is Cc1cccc(Oc2ccc(C(F)(F)F)c(CN)c2)c1C. The lowest BCUT2D eigenvalue weighted by atomic mass is 10.1. The van der Waals surface area contributed by atoms with Crippen molar-refractivity contribution in [2.75, 3.05) is 0 Å². The molecule has 2 rings (SSSR count). The van der Waals surface area contributed by atoms with Crippen molar-refractivity contribution >= 4 is 0 Å². The first-order valence-electron chi connectivity index (χ1n) is 6.47. The molecule has 0 aliphatic heterocycles. The number of nitrogens with two attached hydrogens (primary N) is 1. The van der Waals surface area contributed by atoms with E-state index in [1.807, 2.05) is 26.0 Å². The summed E-state index contributed by atoms with van der Waals surface area (Å²) in [6.45, 7) is 3.65. The van der Waals surface area contributed by atoms with Crippen LogP contribution in [0, 0.1) is 13.8 Å². The monoisotopic (exact) mass is 295 g/mol. The summed E-state index contributed by atoms with van der Waals surface area (Å²) in [6.07, 6.45) is -4.41. The third kappa shape index (κ3) is 3.36. The Bertz CT molecular complexity index is 650. The van der Waals surface area contributed by atoms with Gasteiger partial charge in [0.25, 0.3) is 0 Å². The summed E-state index contributed by atoms with van der Waals surface area (Å²) in [7, 11) is 0.